The number of carbonyl (C=O) groups is 2. The molecule has 0 aliphatic carbocycles. The Kier molecular flexibility index (Phi) is 7.66. The predicted molar refractivity (Wildman–Crippen MR) is 72.3 cm³/mol. The Labute approximate surface area is 114 Å². The maximum absolute atomic E-state index is 12.0. The molecule has 0 aromatic heterocycles. The van der Waals surface area contributed by atoms with Gasteiger partial charge >= 0.3 is 5.97 Å². The zero-order valence-corrected chi connectivity index (χ0v) is 12.7. The van der Waals surface area contributed by atoms with Crippen molar-refractivity contribution < 1.29 is 22.7 Å². The van der Waals surface area contributed by atoms with Gasteiger partial charge in [0.25, 0.3) is 0 Å². The summed E-state index contributed by atoms with van der Waals surface area (Å²) in [5.74, 6) is -2.28. The molecule has 1 N–H and O–H groups in total. The van der Waals surface area contributed by atoms with Gasteiger partial charge in [0.05, 0.1) is 18.8 Å². The molecule has 0 aromatic rings. The van der Waals surface area contributed by atoms with Gasteiger partial charge in [-0.25, -0.2) is 8.42 Å². The van der Waals surface area contributed by atoms with E-state index in [4.69, 9.17) is 0 Å². The van der Waals surface area contributed by atoms with E-state index in [0.29, 0.717) is 6.54 Å². The monoisotopic (exact) mass is 293 g/mol. The van der Waals surface area contributed by atoms with Gasteiger partial charge in [-0.1, -0.05) is 20.3 Å². The molecule has 0 heterocycles. The molecule has 0 aliphatic rings. The van der Waals surface area contributed by atoms with Gasteiger partial charge in [-0.3, -0.25) is 9.59 Å². The molecule has 0 aromatic carbocycles. The molecular formula is C12H23NO5S. The minimum absolute atomic E-state index is 0.387. The summed E-state index contributed by atoms with van der Waals surface area (Å²) in [7, 11) is -2.46. The lowest BCUT2D eigenvalue weighted by molar-refractivity contribution is -0.144. The molecule has 0 rings (SSSR count). The van der Waals surface area contributed by atoms with E-state index in [1.807, 2.05) is 6.92 Å². The summed E-state index contributed by atoms with van der Waals surface area (Å²) in [5, 5.41) is 1.42. The van der Waals surface area contributed by atoms with E-state index in [0.717, 1.165) is 12.8 Å². The minimum atomic E-state index is -3.66. The highest BCUT2D eigenvalue weighted by Crippen LogP contribution is 2.09. The van der Waals surface area contributed by atoms with Gasteiger partial charge in [0, 0.05) is 6.54 Å². The lowest BCUT2D eigenvalue weighted by Gasteiger charge is -2.15. The van der Waals surface area contributed by atoms with Crippen LogP contribution >= 0.6 is 0 Å². The van der Waals surface area contributed by atoms with Gasteiger partial charge < -0.3 is 10.1 Å². The van der Waals surface area contributed by atoms with Crippen molar-refractivity contribution in [3.05, 3.63) is 0 Å². The van der Waals surface area contributed by atoms with Gasteiger partial charge in [-0.05, 0) is 13.3 Å². The van der Waals surface area contributed by atoms with Crippen LogP contribution in [-0.2, 0) is 24.2 Å². The van der Waals surface area contributed by atoms with Crippen molar-refractivity contribution in [1.82, 2.24) is 5.32 Å². The van der Waals surface area contributed by atoms with Crippen molar-refractivity contribution in [2.24, 2.45) is 5.92 Å². The van der Waals surface area contributed by atoms with Crippen molar-refractivity contribution >= 4 is 21.7 Å². The zero-order chi connectivity index (χ0) is 15.1. The summed E-state index contributed by atoms with van der Waals surface area (Å²) in [6.45, 7) is 5.23. The fourth-order valence-electron chi connectivity index (χ4n) is 1.46. The Morgan fingerprint density at radius 1 is 1.26 bits per heavy atom. The van der Waals surface area contributed by atoms with Gasteiger partial charge in [0.1, 0.15) is 5.25 Å². The van der Waals surface area contributed by atoms with Crippen molar-refractivity contribution in [2.45, 2.75) is 38.9 Å². The maximum Gasteiger partial charge on any atom is 0.309 e. The number of unbranched alkanes of at least 4 members (excludes halogenated alkanes) is 1. The number of carbonyl (C=O) groups excluding carboxylic acids is 2. The fraction of sp³-hybridized carbons (Fsp3) is 0.833. The molecule has 19 heavy (non-hydrogen) atoms. The maximum atomic E-state index is 12.0. The average Bonchev–Trinajstić information content (AvgIpc) is 2.36. The number of ether oxygens (including phenoxy) is 1. The van der Waals surface area contributed by atoms with E-state index >= 15 is 0 Å². The van der Waals surface area contributed by atoms with Crippen molar-refractivity contribution in [3.8, 4) is 0 Å². The molecular weight excluding hydrogens is 270 g/mol. The second-order valence-corrected chi connectivity index (χ2v) is 6.91. The molecule has 6 nitrogen and oxygen atoms in total. The van der Waals surface area contributed by atoms with Crippen LogP contribution in [0.4, 0.5) is 0 Å². The summed E-state index contributed by atoms with van der Waals surface area (Å²) in [4.78, 5) is 22.9. The van der Waals surface area contributed by atoms with E-state index in [-0.39, 0.29) is 5.75 Å². The first-order valence-electron chi connectivity index (χ1n) is 6.33. The van der Waals surface area contributed by atoms with E-state index in [1.165, 1.54) is 21.0 Å². The number of methoxy groups -OCH3 is 1. The first kappa shape index (κ1) is 17.9. The summed E-state index contributed by atoms with van der Waals surface area (Å²) >= 11 is 0. The number of amides is 1. The molecule has 2 unspecified atom stereocenters. The molecule has 0 radical (unpaired) electrons. The summed E-state index contributed by atoms with van der Waals surface area (Å²) in [6.07, 6.45) is 1.72. The van der Waals surface area contributed by atoms with Crippen LogP contribution in [0.2, 0.25) is 0 Å². The van der Waals surface area contributed by atoms with E-state index in [2.05, 4.69) is 10.1 Å². The second kappa shape index (κ2) is 8.14. The van der Waals surface area contributed by atoms with Crippen LogP contribution in [0.15, 0.2) is 0 Å². The molecule has 2 atom stereocenters. The van der Waals surface area contributed by atoms with Crippen LogP contribution in [0, 0.1) is 5.92 Å². The minimum Gasteiger partial charge on any atom is -0.469 e. The van der Waals surface area contributed by atoms with Crippen molar-refractivity contribution in [3.63, 3.8) is 0 Å². The Morgan fingerprint density at radius 3 is 2.32 bits per heavy atom. The standard InChI is InChI=1S/C12H23NO5S/c1-5-6-7-13-11(14)10(3)19(16,17)8-9(2)12(15)18-4/h9-10H,5-8H2,1-4H3,(H,13,14). The average molecular weight is 293 g/mol. The van der Waals surface area contributed by atoms with E-state index in [1.54, 1.807) is 0 Å². The molecule has 0 saturated heterocycles. The first-order valence-corrected chi connectivity index (χ1v) is 8.04. The van der Waals surface area contributed by atoms with Gasteiger partial charge in [-0.2, -0.15) is 0 Å². The van der Waals surface area contributed by atoms with Crippen LogP contribution in [0.1, 0.15) is 33.6 Å². The Hall–Kier alpha value is -1.11. The first-order chi connectivity index (χ1) is 8.76. The third-order valence-electron chi connectivity index (χ3n) is 2.82. The molecule has 1 amide bonds. The van der Waals surface area contributed by atoms with Gasteiger partial charge in [0.15, 0.2) is 9.84 Å². The summed E-state index contributed by atoms with van der Waals surface area (Å²) in [6, 6.07) is 0. The highest BCUT2D eigenvalue weighted by molar-refractivity contribution is 7.92. The van der Waals surface area contributed by atoms with E-state index < -0.39 is 32.9 Å². The topological polar surface area (TPSA) is 89.5 Å². The summed E-state index contributed by atoms with van der Waals surface area (Å²) < 4.78 is 28.4. The lowest BCUT2D eigenvalue weighted by atomic mass is 10.2. The van der Waals surface area contributed by atoms with Crippen LogP contribution in [0.5, 0.6) is 0 Å². The number of hydrogen-bond donors (Lipinski definition) is 1. The molecule has 0 saturated carbocycles. The number of sulfone groups is 1. The number of esters is 1. The third kappa shape index (κ3) is 6.04. The van der Waals surface area contributed by atoms with Crippen LogP contribution in [-0.4, -0.2) is 45.0 Å². The van der Waals surface area contributed by atoms with E-state index in [9.17, 15) is 18.0 Å². The number of nitrogens with one attached hydrogen (secondary N) is 1. The Morgan fingerprint density at radius 2 is 1.84 bits per heavy atom. The third-order valence-corrected chi connectivity index (χ3v) is 5.08. The lowest BCUT2D eigenvalue weighted by Crippen LogP contribution is -2.40. The van der Waals surface area contributed by atoms with Gasteiger partial charge in [0.2, 0.25) is 5.91 Å². The predicted octanol–water partition coefficient (Wildman–Crippen LogP) is 0.515. The van der Waals surface area contributed by atoms with Crippen molar-refractivity contribution in [1.29, 1.82) is 0 Å². The van der Waals surface area contributed by atoms with Crippen LogP contribution in [0.25, 0.3) is 0 Å². The molecule has 7 heteroatoms. The second-order valence-electron chi connectivity index (χ2n) is 4.54. The fourth-order valence-corrected chi connectivity index (χ4v) is 2.99. The largest absolute Gasteiger partial charge is 0.469 e. The normalized spacial score (nSPS) is 14.5. The molecule has 112 valence electrons. The highest BCUT2D eigenvalue weighted by atomic mass is 32.2. The molecule has 0 spiro atoms. The zero-order valence-electron chi connectivity index (χ0n) is 11.9. The molecule has 0 fully saturated rings. The Balaban J connectivity index is 4.55. The SMILES string of the molecule is CCCCNC(=O)C(C)S(=O)(=O)CC(C)C(=O)OC. The molecule has 0 bridgehead atoms. The number of rotatable bonds is 8. The van der Waals surface area contributed by atoms with Crippen molar-refractivity contribution in [2.75, 3.05) is 19.4 Å². The smallest absolute Gasteiger partial charge is 0.309 e. The quantitative estimate of drug-likeness (QED) is 0.520. The molecule has 0 aliphatic heterocycles. The van der Waals surface area contributed by atoms with Gasteiger partial charge in [-0.15, -0.1) is 0 Å². The van der Waals surface area contributed by atoms with Crippen LogP contribution in [0.3, 0.4) is 0 Å². The van der Waals surface area contributed by atoms with Crippen LogP contribution < -0.4 is 5.32 Å². The number of hydrogen-bond acceptors (Lipinski definition) is 5. The highest BCUT2D eigenvalue weighted by Gasteiger charge is 2.31. The summed E-state index contributed by atoms with van der Waals surface area (Å²) in [5.41, 5.74) is 0. The Bertz CT molecular complexity index is 404.